The highest BCUT2D eigenvalue weighted by molar-refractivity contribution is 7.99. The van der Waals surface area contributed by atoms with E-state index >= 15 is 0 Å². The number of H-pyrrole nitrogens is 1. The second-order valence-electron chi connectivity index (χ2n) is 7.11. The summed E-state index contributed by atoms with van der Waals surface area (Å²) in [6.45, 7) is 3.83. The van der Waals surface area contributed by atoms with E-state index in [0.29, 0.717) is 0 Å². The lowest BCUT2D eigenvalue weighted by Gasteiger charge is -2.13. The Labute approximate surface area is 165 Å². The molecule has 1 unspecified atom stereocenters. The van der Waals surface area contributed by atoms with Gasteiger partial charge in [-0.1, -0.05) is 48.2 Å². The highest BCUT2D eigenvalue weighted by Crippen LogP contribution is 2.46. The van der Waals surface area contributed by atoms with Crippen LogP contribution in [0.4, 0.5) is 0 Å². The van der Waals surface area contributed by atoms with Crippen LogP contribution in [0.3, 0.4) is 0 Å². The largest absolute Gasteiger partial charge is 0.371 e. The Kier molecular flexibility index (Phi) is 5.34. The number of aromatic nitrogens is 2. The molecule has 0 bridgehead atoms. The summed E-state index contributed by atoms with van der Waals surface area (Å²) in [6, 6.07) is 17.0. The fourth-order valence-corrected chi connectivity index (χ4v) is 4.41. The van der Waals surface area contributed by atoms with Crippen LogP contribution in [0.2, 0.25) is 0 Å². The number of ether oxygens (including phenoxy) is 1. The Morgan fingerprint density at radius 3 is 2.44 bits per heavy atom. The summed E-state index contributed by atoms with van der Waals surface area (Å²) in [6.07, 6.45) is 0.950. The van der Waals surface area contributed by atoms with Crippen molar-refractivity contribution in [3.63, 3.8) is 0 Å². The first kappa shape index (κ1) is 18.3. The monoisotopic (exact) mass is 379 g/mol. The fraction of sp³-hybridized carbons (Fsp3) is 0.318. The van der Waals surface area contributed by atoms with Gasteiger partial charge in [-0.25, -0.2) is 4.98 Å². The van der Waals surface area contributed by atoms with Crippen LogP contribution >= 0.6 is 11.8 Å². The van der Waals surface area contributed by atoms with Gasteiger partial charge in [-0.15, -0.1) is 0 Å². The summed E-state index contributed by atoms with van der Waals surface area (Å²) in [4.78, 5) is 13.2. The van der Waals surface area contributed by atoms with Crippen molar-refractivity contribution in [1.82, 2.24) is 14.9 Å². The van der Waals surface area contributed by atoms with Gasteiger partial charge in [0.2, 0.25) is 0 Å². The second kappa shape index (κ2) is 7.89. The lowest BCUT2D eigenvalue weighted by Crippen LogP contribution is -2.15. The van der Waals surface area contributed by atoms with Gasteiger partial charge in [0.25, 0.3) is 0 Å². The Hall–Kier alpha value is -2.08. The Balaban J connectivity index is 1.67. The molecule has 5 heteroatoms. The molecule has 27 heavy (non-hydrogen) atoms. The molecule has 1 atom stereocenters. The van der Waals surface area contributed by atoms with Gasteiger partial charge in [-0.3, -0.25) is 0 Å². The molecule has 0 spiro atoms. The highest BCUT2D eigenvalue weighted by Gasteiger charge is 2.24. The third kappa shape index (κ3) is 3.81. The zero-order valence-electron chi connectivity index (χ0n) is 16.0. The zero-order valence-corrected chi connectivity index (χ0v) is 16.8. The van der Waals surface area contributed by atoms with Gasteiger partial charge in [-0.2, -0.15) is 0 Å². The average Bonchev–Trinajstić information content (AvgIpc) is 3.06. The number of nitrogens with one attached hydrogen (secondary N) is 1. The maximum absolute atomic E-state index is 6.04. The van der Waals surface area contributed by atoms with Gasteiger partial charge in [0, 0.05) is 27.5 Å². The zero-order chi connectivity index (χ0) is 18.8. The van der Waals surface area contributed by atoms with Crippen LogP contribution in [-0.4, -0.2) is 42.1 Å². The lowest BCUT2D eigenvalue weighted by molar-refractivity contribution is 0.0556. The van der Waals surface area contributed by atoms with Crippen molar-refractivity contribution in [3.8, 4) is 22.5 Å². The van der Waals surface area contributed by atoms with E-state index in [2.05, 4.69) is 79.4 Å². The molecule has 0 amide bonds. The number of fused-ring (bicyclic) bond motifs is 5. The van der Waals surface area contributed by atoms with Gasteiger partial charge in [0.1, 0.15) is 11.9 Å². The van der Waals surface area contributed by atoms with E-state index < -0.39 is 0 Å². The molecule has 0 aliphatic carbocycles. The number of aromatic amines is 1. The van der Waals surface area contributed by atoms with Crippen LogP contribution in [0.1, 0.15) is 25.3 Å². The Bertz CT molecular complexity index is 872. The fourth-order valence-electron chi connectivity index (χ4n) is 3.33. The number of imidazole rings is 1. The summed E-state index contributed by atoms with van der Waals surface area (Å²) in [7, 11) is 4.17. The van der Waals surface area contributed by atoms with Gasteiger partial charge in [-0.05, 0) is 46.1 Å². The quantitative estimate of drug-likeness (QED) is 0.465. The van der Waals surface area contributed by atoms with E-state index in [0.717, 1.165) is 36.8 Å². The van der Waals surface area contributed by atoms with E-state index in [4.69, 9.17) is 9.72 Å². The van der Waals surface area contributed by atoms with Crippen molar-refractivity contribution in [2.75, 3.05) is 27.2 Å². The van der Waals surface area contributed by atoms with Gasteiger partial charge in [0.15, 0.2) is 0 Å². The molecule has 140 valence electrons. The van der Waals surface area contributed by atoms with Crippen molar-refractivity contribution < 1.29 is 4.74 Å². The molecule has 1 aromatic heterocycles. The second-order valence-corrected chi connectivity index (χ2v) is 8.19. The topological polar surface area (TPSA) is 41.1 Å². The molecule has 1 aliphatic heterocycles. The van der Waals surface area contributed by atoms with Crippen LogP contribution in [0, 0.1) is 0 Å². The summed E-state index contributed by atoms with van der Waals surface area (Å²) in [5.41, 5.74) is 4.48. The first-order valence-corrected chi connectivity index (χ1v) is 10.2. The lowest BCUT2D eigenvalue weighted by atomic mass is 10.1. The van der Waals surface area contributed by atoms with Crippen LogP contribution in [0.15, 0.2) is 58.3 Å². The minimum atomic E-state index is -0.0638. The van der Waals surface area contributed by atoms with E-state index in [1.54, 1.807) is 11.8 Å². The van der Waals surface area contributed by atoms with E-state index in [9.17, 15) is 0 Å². The van der Waals surface area contributed by atoms with Crippen molar-refractivity contribution in [3.05, 3.63) is 54.4 Å². The minimum absolute atomic E-state index is 0.0638. The van der Waals surface area contributed by atoms with Crippen LogP contribution in [0.25, 0.3) is 22.5 Å². The number of rotatable bonds is 6. The van der Waals surface area contributed by atoms with Crippen LogP contribution in [0.5, 0.6) is 0 Å². The van der Waals surface area contributed by atoms with Gasteiger partial charge in [0.05, 0.1) is 11.4 Å². The molecule has 4 nitrogen and oxygen atoms in total. The molecule has 4 rings (SSSR count). The molecule has 2 aromatic carbocycles. The molecule has 1 N–H and O–H groups in total. The molecular formula is C22H25N3OS. The van der Waals surface area contributed by atoms with Crippen molar-refractivity contribution in [1.29, 1.82) is 0 Å². The molecule has 1 aliphatic rings. The van der Waals surface area contributed by atoms with E-state index in [1.165, 1.54) is 20.9 Å². The highest BCUT2D eigenvalue weighted by atomic mass is 32.2. The molecule has 0 saturated heterocycles. The SMILES string of the molecule is CC(OCCCN(C)C)c1nc2c([nH]1)-c1ccccc1Sc1ccccc1-2. The number of nitrogens with zero attached hydrogens (tertiary/aromatic N) is 2. The Morgan fingerprint density at radius 1 is 1.04 bits per heavy atom. The van der Waals surface area contributed by atoms with Gasteiger partial charge < -0.3 is 14.6 Å². The third-order valence-corrected chi connectivity index (χ3v) is 5.90. The first-order valence-electron chi connectivity index (χ1n) is 9.36. The number of hydrogen-bond acceptors (Lipinski definition) is 4. The minimum Gasteiger partial charge on any atom is -0.371 e. The van der Waals surface area contributed by atoms with E-state index in [1.807, 2.05) is 0 Å². The maximum Gasteiger partial charge on any atom is 0.136 e. The van der Waals surface area contributed by atoms with Crippen molar-refractivity contribution in [2.24, 2.45) is 0 Å². The van der Waals surface area contributed by atoms with Crippen molar-refractivity contribution >= 4 is 11.8 Å². The summed E-state index contributed by atoms with van der Waals surface area (Å²) < 4.78 is 6.04. The molecule has 0 radical (unpaired) electrons. The number of hydrogen-bond donors (Lipinski definition) is 1. The summed E-state index contributed by atoms with van der Waals surface area (Å²) in [5.74, 6) is 0.890. The summed E-state index contributed by atoms with van der Waals surface area (Å²) in [5, 5.41) is 0. The first-order chi connectivity index (χ1) is 13.1. The molecule has 0 saturated carbocycles. The predicted molar refractivity (Wildman–Crippen MR) is 111 cm³/mol. The van der Waals surface area contributed by atoms with Gasteiger partial charge >= 0.3 is 0 Å². The average molecular weight is 380 g/mol. The number of benzene rings is 2. The third-order valence-electron chi connectivity index (χ3n) is 4.74. The predicted octanol–water partition coefficient (Wildman–Crippen LogP) is 5.24. The van der Waals surface area contributed by atoms with Crippen molar-refractivity contribution in [2.45, 2.75) is 29.2 Å². The Morgan fingerprint density at radius 2 is 1.70 bits per heavy atom. The standard InChI is InChI=1S/C22H25N3OS/c1-15(26-14-8-13-25(2)3)22-23-20-16-9-4-6-11-18(16)27-19-12-7-5-10-17(19)21(20)24-22/h4-7,9-12,15H,8,13-14H2,1-3H3,(H,23,24). The molecule has 0 fully saturated rings. The van der Waals surface area contributed by atoms with E-state index in [-0.39, 0.29) is 6.10 Å². The molecular weight excluding hydrogens is 354 g/mol. The smallest absolute Gasteiger partial charge is 0.136 e. The molecule has 3 aromatic rings. The van der Waals surface area contributed by atoms with Crippen LogP contribution < -0.4 is 0 Å². The molecule has 2 heterocycles. The normalized spacial score (nSPS) is 13.6. The maximum atomic E-state index is 6.04. The van der Waals surface area contributed by atoms with Crippen LogP contribution in [-0.2, 0) is 4.74 Å². The summed E-state index contributed by atoms with van der Waals surface area (Å²) >= 11 is 1.80.